The molecule has 1 fully saturated rings. The Morgan fingerprint density at radius 2 is 2.05 bits per heavy atom. The fourth-order valence-corrected chi connectivity index (χ4v) is 2.66. The van der Waals surface area contributed by atoms with Crippen molar-refractivity contribution in [2.45, 2.75) is 12.8 Å². The van der Waals surface area contributed by atoms with Crippen molar-refractivity contribution in [1.29, 1.82) is 0 Å². The highest BCUT2D eigenvalue weighted by Crippen LogP contribution is 2.29. The molecule has 0 aromatic carbocycles. The van der Waals surface area contributed by atoms with Crippen molar-refractivity contribution in [2.75, 3.05) is 18.0 Å². The van der Waals surface area contributed by atoms with Gasteiger partial charge in [0, 0.05) is 25.5 Å². The lowest BCUT2D eigenvalue weighted by molar-refractivity contribution is 0.492. The fourth-order valence-electron chi connectivity index (χ4n) is 2.66. The highest BCUT2D eigenvalue weighted by Gasteiger charge is 2.32. The molecule has 1 saturated heterocycles. The zero-order valence-corrected chi connectivity index (χ0v) is 11.3. The van der Waals surface area contributed by atoms with Crippen LogP contribution in [0.3, 0.4) is 0 Å². The Labute approximate surface area is 116 Å². The third kappa shape index (κ3) is 1.74. The molecule has 1 aliphatic heterocycles. The summed E-state index contributed by atoms with van der Waals surface area (Å²) in [5.41, 5.74) is 2.15. The van der Waals surface area contributed by atoms with Crippen molar-refractivity contribution in [3.63, 3.8) is 0 Å². The highest BCUT2D eigenvalue weighted by atomic mass is 15.3. The van der Waals surface area contributed by atoms with Crippen molar-refractivity contribution >= 4 is 11.5 Å². The van der Waals surface area contributed by atoms with Gasteiger partial charge >= 0.3 is 0 Å². The average Bonchev–Trinajstić information content (AvgIpc) is 2.82. The maximum absolute atomic E-state index is 4.42. The lowest BCUT2D eigenvalue weighted by Gasteiger charge is -2.39. The van der Waals surface area contributed by atoms with E-state index in [1.807, 2.05) is 36.7 Å². The van der Waals surface area contributed by atoms with Crippen LogP contribution in [0.5, 0.6) is 0 Å². The van der Waals surface area contributed by atoms with Crippen LogP contribution in [0.2, 0.25) is 0 Å². The first-order valence-corrected chi connectivity index (χ1v) is 6.78. The Kier molecular flexibility index (Phi) is 2.45. The maximum Gasteiger partial charge on any atom is 0.160 e. The molecular weight excluding hydrogens is 250 g/mol. The van der Waals surface area contributed by atoms with Gasteiger partial charge in [-0.05, 0) is 36.8 Å². The molecule has 5 heteroatoms. The summed E-state index contributed by atoms with van der Waals surface area (Å²) in [5.74, 6) is 2.52. The average molecular weight is 265 g/mol. The molecule has 4 rings (SSSR count). The summed E-state index contributed by atoms with van der Waals surface area (Å²) in [4.78, 5) is 6.70. The van der Waals surface area contributed by atoms with Crippen molar-refractivity contribution in [2.24, 2.45) is 0 Å². The number of anilines is 1. The van der Waals surface area contributed by atoms with Crippen molar-refractivity contribution in [3.8, 4) is 0 Å². The van der Waals surface area contributed by atoms with Crippen LogP contribution in [0.25, 0.3) is 5.65 Å². The largest absolute Gasteiger partial charge is 0.355 e. The maximum atomic E-state index is 4.42. The van der Waals surface area contributed by atoms with Gasteiger partial charge < -0.3 is 4.90 Å². The van der Waals surface area contributed by atoms with Crippen molar-refractivity contribution in [3.05, 3.63) is 54.1 Å². The number of pyridine rings is 2. The van der Waals surface area contributed by atoms with Crippen LogP contribution in [-0.2, 0) is 0 Å². The van der Waals surface area contributed by atoms with Crippen LogP contribution >= 0.6 is 0 Å². The van der Waals surface area contributed by atoms with Gasteiger partial charge in [-0.1, -0.05) is 6.07 Å². The van der Waals surface area contributed by atoms with Crippen molar-refractivity contribution in [1.82, 2.24) is 19.6 Å². The second-order valence-corrected chi connectivity index (χ2v) is 5.28. The Hall–Kier alpha value is -2.43. The van der Waals surface area contributed by atoms with Crippen LogP contribution in [0.1, 0.15) is 17.3 Å². The van der Waals surface area contributed by atoms with E-state index in [0.717, 1.165) is 30.4 Å². The molecule has 0 atom stereocenters. The van der Waals surface area contributed by atoms with E-state index in [4.69, 9.17) is 0 Å². The predicted molar refractivity (Wildman–Crippen MR) is 76.9 cm³/mol. The van der Waals surface area contributed by atoms with Gasteiger partial charge in [-0.15, -0.1) is 10.2 Å². The minimum atomic E-state index is 0.426. The molecule has 20 heavy (non-hydrogen) atoms. The lowest BCUT2D eigenvalue weighted by Crippen LogP contribution is -2.46. The molecule has 0 aliphatic carbocycles. The Bertz CT molecular complexity index is 758. The van der Waals surface area contributed by atoms with Crippen LogP contribution in [0.15, 0.2) is 42.7 Å². The Morgan fingerprint density at radius 1 is 1.15 bits per heavy atom. The summed E-state index contributed by atoms with van der Waals surface area (Å²) in [6.07, 6.45) is 3.89. The normalized spacial score (nSPS) is 15.6. The fraction of sp³-hybridized carbons (Fsp3) is 0.267. The van der Waals surface area contributed by atoms with E-state index < -0.39 is 0 Å². The van der Waals surface area contributed by atoms with E-state index in [9.17, 15) is 0 Å². The summed E-state index contributed by atoms with van der Waals surface area (Å²) in [7, 11) is 0. The van der Waals surface area contributed by atoms with E-state index in [0.29, 0.717) is 5.92 Å². The molecule has 4 heterocycles. The zero-order valence-electron chi connectivity index (χ0n) is 11.3. The van der Waals surface area contributed by atoms with Gasteiger partial charge in [-0.2, -0.15) is 0 Å². The predicted octanol–water partition coefficient (Wildman–Crippen LogP) is 2.04. The molecule has 3 aromatic rings. The Balaban J connectivity index is 1.56. The second kappa shape index (κ2) is 4.30. The van der Waals surface area contributed by atoms with Crippen LogP contribution < -0.4 is 4.90 Å². The van der Waals surface area contributed by atoms with Crippen LogP contribution in [-0.4, -0.2) is 32.7 Å². The first-order valence-electron chi connectivity index (χ1n) is 6.78. The number of nitrogens with zero attached hydrogens (tertiary/aromatic N) is 5. The van der Waals surface area contributed by atoms with Crippen LogP contribution in [0.4, 0.5) is 5.82 Å². The number of aromatic nitrogens is 4. The summed E-state index contributed by atoms with van der Waals surface area (Å²) in [6.45, 7) is 3.99. The highest BCUT2D eigenvalue weighted by molar-refractivity contribution is 5.46. The van der Waals surface area contributed by atoms with Gasteiger partial charge in [0.25, 0.3) is 0 Å². The van der Waals surface area contributed by atoms with E-state index >= 15 is 0 Å². The number of hydrogen-bond acceptors (Lipinski definition) is 4. The molecular formula is C15H15N5. The molecule has 0 amide bonds. The molecule has 0 unspecified atom stereocenters. The van der Waals surface area contributed by atoms with Gasteiger partial charge in [-0.3, -0.25) is 4.40 Å². The summed E-state index contributed by atoms with van der Waals surface area (Å²) in [6, 6.07) is 10.1. The van der Waals surface area contributed by atoms with Crippen molar-refractivity contribution < 1.29 is 0 Å². The molecule has 1 aliphatic rings. The molecule has 0 bridgehead atoms. The van der Waals surface area contributed by atoms with E-state index in [2.05, 4.69) is 37.5 Å². The second-order valence-electron chi connectivity index (χ2n) is 5.28. The van der Waals surface area contributed by atoms with E-state index in [1.54, 1.807) is 0 Å². The van der Waals surface area contributed by atoms with Gasteiger partial charge in [0.1, 0.15) is 11.6 Å². The molecule has 3 aromatic heterocycles. The van der Waals surface area contributed by atoms with Crippen LogP contribution in [0, 0.1) is 6.92 Å². The van der Waals surface area contributed by atoms with E-state index in [1.165, 1.54) is 5.56 Å². The third-order valence-electron chi connectivity index (χ3n) is 3.81. The first-order chi connectivity index (χ1) is 9.81. The van der Waals surface area contributed by atoms with Gasteiger partial charge in [0.15, 0.2) is 5.65 Å². The summed E-state index contributed by atoms with van der Waals surface area (Å²) >= 11 is 0. The molecule has 5 nitrogen and oxygen atoms in total. The third-order valence-corrected chi connectivity index (χ3v) is 3.81. The standard InChI is InChI=1S/C15H15N5/c1-11-5-6-16-14(8-11)19-9-12(10-19)15-18-17-13-4-2-3-7-20(13)15/h2-8,12H,9-10H2,1H3. The zero-order chi connectivity index (χ0) is 13.5. The van der Waals surface area contributed by atoms with Gasteiger partial charge in [0.2, 0.25) is 0 Å². The summed E-state index contributed by atoms with van der Waals surface area (Å²) in [5, 5.41) is 8.54. The number of fused-ring (bicyclic) bond motifs is 1. The SMILES string of the molecule is Cc1ccnc(N2CC(c3nnc4ccccn34)C2)c1. The minimum absolute atomic E-state index is 0.426. The molecule has 0 spiro atoms. The van der Waals surface area contributed by atoms with Gasteiger partial charge in [0.05, 0.1) is 5.92 Å². The monoisotopic (exact) mass is 265 g/mol. The topological polar surface area (TPSA) is 46.3 Å². The Morgan fingerprint density at radius 3 is 2.90 bits per heavy atom. The molecule has 0 saturated carbocycles. The molecule has 0 N–H and O–H groups in total. The number of rotatable bonds is 2. The lowest BCUT2D eigenvalue weighted by atomic mass is 9.99. The quantitative estimate of drug-likeness (QED) is 0.711. The van der Waals surface area contributed by atoms with Gasteiger partial charge in [-0.25, -0.2) is 4.98 Å². The number of aryl methyl sites for hydroxylation is 1. The number of hydrogen-bond donors (Lipinski definition) is 0. The molecule has 0 radical (unpaired) electrons. The smallest absolute Gasteiger partial charge is 0.160 e. The van der Waals surface area contributed by atoms with E-state index in [-0.39, 0.29) is 0 Å². The first kappa shape index (κ1) is 11.4. The minimum Gasteiger partial charge on any atom is -0.355 e. The molecule has 100 valence electrons. The summed E-state index contributed by atoms with van der Waals surface area (Å²) < 4.78 is 2.08.